The van der Waals surface area contributed by atoms with Gasteiger partial charge in [-0.05, 0) is 73.6 Å². The monoisotopic (exact) mass is 483 g/mol. The quantitative estimate of drug-likeness (QED) is 0.507. The van der Waals surface area contributed by atoms with E-state index in [-0.39, 0.29) is 16.6 Å². The first-order chi connectivity index (χ1) is 16.1. The SMILES string of the molecule is Cc1cc(/C=C2/C(=N)N3N=C(c4ccco4)SC3=NC2=O)c(C)n1-c1cccc(C(F)(F)F)c1. The summed E-state index contributed by atoms with van der Waals surface area (Å²) in [6, 6.07) is 10.2. The molecule has 1 amide bonds. The molecule has 4 heterocycles. The van der Waals surface area contributed by atoms with Crippen LogP contribution in [0.15, 0.2) is 68.8 Å². The number of hydrazone groups is 1. The van der Waals surface area contributed by atoms with Gasteiger partial charge in [0, 0.05) is 17.1 Å². The Morgan fingerprint density at radius 3 is 2.65 bits per heavy atom. The normalized spacial score (nSPS) is 17.3. The summed E-state index contributed by atoms with van der Waals surface area (Å²) in [4.78, 5) is 16.8. The van der Waals surface area contributed by atoms with Gasteiger partial charge >= 0.3 is 6.18 Å². The van der Waals surface area contributed by atoms with Crippen LogP contribution in [0.4, 0.5) is 13.2 Å². The zero-order chi connectivity index (χ0) is 24.2. The highest BCUT2D eigenvalue weighted by atomic mass is 32.2. The van der Waals surface area contributed by atoms with Crippen LogP contribution in [0.5, 0.6) is 0 Å². The zero-order valence-electron chi connectivity index (χ0n) is 17.8. The van der Waals surface area contributed by atoms with Gasteiger partial charge < -0.3 is 8.98 Å². The molecule has 172 valence electrons. The van der Waals surface area contributed by atoms with Crippen molar-refractivity contribution < 1.29 is 22.4 Å². The molecular weight excluding hydrogens is 467 g/mol. The van der Waals surface area contributed by atoms with Crippen molar-refractivity contribution in [3.63, 3.8) is 0 Å². The molecule has 5 rings (SSSR count). The van der Waals surface area contributed by atoms with Crippen LogP contribution in [0.25, 0.3) is 11.8 Å². The number of thioether (sulfide) groups is 1. The van der Waals surface area contributed by atoms with Crippen molar-refractivity contribution in [2.24, 2.45) is 10.1 Å². The van der Waals surface area contributed by atoms with Gasteiger partial charge in [-0.25, -0.2) is 0 Å². The summed E-state index contributed by atoms with van der Waals surface area (Å²) in [7, 11) is 0. The first-order valence-electron chi connectivity index (χ1n) is 10.0. The molecule has 0 aliphatic carbocycles. The Labute approximate surface area is 195 Å². The number of aromatic nitrogens is 1. The van der Waals surface area contributed by atoms with E-state index in [1.807, 2.05) is 0 Å². The predicted octanol–water partition coefficient (Wildman–Crippen LogP) is 5.37. The standard InChI is InChI=1S/C23H16F3N5O2S/c1-12-9-14(13(2)30(12)16-6-3-5-15(11-16)23(24,25)26)10-17-19(27)31-22(28-20(17)32)34-21(29-31)18-7-4-8-33-18/h3-11,27H,1-2H3/b17-10-,27-19?. The number of rotatable bonds is 3. The summed E-state index contributed by atoms with van der Waals surface area (Å²) in [6.45, 7) is 3.50. The van der Waals surface area contributed by atoms with E-state index < -0.39 is 17.6 Å². The number of fused-ring (bicyclic) bond motifs is 1. The Morgan fingerprint density at radius 2 is 1.94 bits per heavy atom. The van der Waals surface area contributed by atoms with Crippen LogP contribution in [-0.2, 0) is 11.0 Å². The lowest BCUT2D eigenvalue weighted by Gasteiger charge is -2.20. The first-order valence-corrected chi connectivity index (χ1v) is 10.9. The summed E-state index contributed by atoms with van der Waals surface area (Å²) in [6.07, 6.45) is -1.44. The number of aliphatic imine (C=N–C) groups is 1. The van der Waals surface area contributed by atoms with Gasteiger partial charge in [0.05, 0.1) is 17.4 Å². The van der Waals surface area contributed by atoms with E-state index in [0.29, 0.717) is 33.4 Å². The fourth-order valence-electron chi connectivity index (χ4n) is 3.80. The van der Waals surface area contributed by atoms with Crippen LogP contribution in [-0.4, -0.2) is 31.5 Å². The van der Waals surface area contributed by atoms with Gasteiger partial charge in [-0.15, -0.1) is 0 Å². The third-order valence-electron chi connectivity index (χ3n) is 5.39. The summed E-state index contributed by atoms with van der Waals surface area (Å²) >= 11 is 1.13. The van der Waals surface area contributed by atoms with Crippen molar-refractivity contribution in [2.75, 3.05) is 0 Å². The molecule has 7 nitrogen and oxygen atoms in total. The maximum Gasteiger partial charge on any atom is 0.416 e. The topological polar surface area (TPSA) is 87.0 Å². The van der Waals surface area contributed by atoms with Gasteiger partial charge in [0.15, 0.2) is 16.6 Å². The van der Waals surface area contributed by atoms with E-state index in [9.17, 15) is 18.0 Å². The highest BCUT2D eigenvalue weighted by Crippen LogP contribution is 2.33. The van der Waals surface area contributed by atoms with Gasteiger partial charge in [-0.1, -0.05) is 6.07 Å². The molecule has 34 heavy (non-hydrogen) atoms. The number of halogens is 3. The Morgan fingerprint density at radius 1 is 1.15 bits per heavy atom. The van der Waals surface area contributed by atoms with Crippen molar-refractivity contribution in [1.29, 1.82) is 5.41 Å². The van der Waals surface area contributed by atoms with Crippen LogP contribution in [0.2, 0.25) is 0 Å². The summed E-state index contributed by atoms with van der Waals surface area (Å²) in [5.74, 6) is -0.242. The molecule has 0 saturated carbocycles. The Hall–Kier alpha value is -3.86. The molecule has 0 atom stereocenters. The fourth-order valence-corrected chi connectivity index (χ4v) is 4.66. The van der Waals surface area contributed by atoms with E-state index in [2.05, 4.69) is 10.1 Å². The molecule has 0 saturated heterocycles. The second-order valence-corrected chi connectivity index (χ2v) is 8.57. The van der Waals surface area contributed by atoms with Crippen LogP contribution >= 0.6 is 11.8 Å². The number of nitrogens with zero attached hydrogens (tertiary/aromatic N) is 4. The maximum absolute atomic E-state index is 13.2. The van der Waals surface area contributed by atoms with Crippen LogP contribution in [0, 0.1) is 19.3 Å². The molecular formula is C23H16F3N5O2S. The average Bonchev–Trinajstić information content (AvgIpc) is 3.50. The number of hydrogen-bond acceptors (Lipinski definition) is 5. The van der Waals surface area contributed by atoms with Crippen LogP contribution < -0.4 is 0 Å². The summed E-state index contributed by atoms with van der Waals surface area (Å²) in [5.41, 5.74) is 1.51. The fraction of sp³-hybridized carbons (Fsp3) is 0.130. The number of aryl methyl sites for hydroxylation is 1. The Bertz CT molecular complexity index is 1430. The van der Waals surface area contributed by atoms with Crippen molar-refractivity contribution in [1.82, 2.24) is 9.58 Å². The minimum absolute atomic E-state index is 0.0260. The molecule has 2 aliphatic rings. The minimum atomic E-state index is -4.46. The maximum atomic E-state index is 13.2. The average molecular weight is 483 g/mol. The lowest BCUT2D eigenvalue weighted by Crippen LogP contribution is -2.35. The molecule has 0 radical (unpaired) electrons. The Balaban J connectivity index is 1.52. The minimum Gasteiger partial charge on any atom is -0.462 e. The van der Waals surface area contributed by atoms with Gasteiger partial charge in [0.2, 0.25) is 5.17 Å². The second kappa shape index (κ2) is 7.87. The number of furan rings is 1. The van der Waals surface area contributed by atoms with E-state index >= 15 is 0 Å². The molecule has 2 aromatic heterocycles. The van der Waals surface area contributed by atoms with E-state index in [4.69, 9.17) is 9.83 Å². The van der Waals surface area contributed by atoms with Crippen molar-refractivity contribution in [2.45, 2.75) is 20.0 Å². The molecule has 0 fully saturated rings. The lowest BCUT2D eigenvalue weighted by atomic mass is 10.1. The van der Waals surface area contributed by atoms with Crippen LogP contribution in [0.3, 0.4) is 0 Å². The molecule has 0 spiro atoms. The summed E-state index contributed by atoms with van der Waals surface area (Å²) in [5, 5.41) is 14.9. The molecule has 2 aliphatic heterocycles. The predicted molar refractivity (Wildman–Crippen MR) is 123 cm³/mol. The number of alkyl halides is 3. The molecule has 0 unspecified atom stereocenters. The number of carbonyl (C=O) groups excluding carboxylic acids is 1. The third-order valence-corrected chi connectivity index (χ3v) is 6.31. The number of amides is 1. The van der Waals surface area contributed by atoms with E-state index in [1.165, 1.54) is 23.4 Å². The van der Waals surface area contributed by atoms with Gasteiger partial charge in [-0.3, -0.25) is 10.2 Å². The van der Waals surface area contributed by atoms with Gasteiger partial charge in [-0.2, -0.15) is 28.3 Å². The molecule has 0 bridgehead atoms. The largest absolute Gasteiger partial charge is 0.462 e. The molecule has 1 N–H and O–H groups in total. The number of amidine groups is 2. The highest BCUT2D eigenvalue weighted by Gasteiger charge is 2.37. The van der Waals surface area contributed by atoms with Gasteiger partial charge in [0.25, 0.3) is 5.91 Å². The molecule has 1 aromatic carbocycles. The van der Waals surface area contributed by atoms with E-state index in [0.717, 1.165) is 23.9 Å². The summed E-state index contributed by atoms with van der Waals surface area (Å²) < 4.78 is 46.6. The zero-order valence-corrected chi connectivity index (χ0v) is 18.7. The molecule has 11 heteroatoms. The Kier molecular flexibility index (Phi) is 5.08. The second-order valence-electron chi connectivity index (χ2n) is 7.61. The first kappa shape index (κ1) is 22.0. The van der Waals surface area contributed by atoms with Gasteiger partial charge in [0.1, 0.15) is 0 Å². The third kappa shape index (κ3) is 3.67. The van der Waals surface area contributed by atoms with Crippen LogP contribution in [0.1, 0.15) is 28.3 Å². The number of benzene rings is 1. The number of nitrogens with one attached hydrogen (secondary N) is 1. The van der Waals surface area contributed by atoms with Crippen molar-refractivity contribution in [3.05, 3.63) is 82.6 Å². The number of carbonyl (C=O) groups is 1. The smallest absolute Gasteiger partial charge is 0.416 e. The van der Waals surface area contributed by atoms with E-state index in [1.54, 1.807) is 42.7 Å². The number of hydrogen-bond donors (Lipinski definition) is 1. The molecule has 3 aromatic rings. The highest BCUT2D eigenvalue weighted by molar-refractivity contribution is 8.27. The lowest BCUT2D eigenvalue weighted by molar-refractivity contribution is -0.137. The van der Waals surface area contributed by atoms with Crippen molar-refractivity contribution >= 4 is 39.8 Å². The van der Waals surface area contributed by atoms with Crippen molar-refractivity contribution in [3.8, 4) is 5.69 Å².